The van der Waals surface area contributed by atoms with Gasteiger partial charge in [-0.25, -0.2) is 4.79 Å². The van der Waals surface area contributed by atoms with E-state index in [2.05, 4.69) is 5.16 Å². The molecule has 0 aliphatic carbocycles. The molecule has 25 heavy (non-hydrogen) atoms. The molecule has 0 unspecified atom stereocenters. The van der Waals surface area contributed by atoms with Crippen LogP contribution in [0.3, 0.4) is 0 Å². The molecule has 3 aromatic rings. The average molecular weight is 379 g/mol. The fourth-order valence-corrected chi connectivity index (χ4v) is 2.69. The molecule has 0 saturated carbocycles. The molecule has 0 aliphatic heterocycles. The van der Waals surface area contributed by atoms with E-state index >= 15 is 0 Å². The highest BCUT2D eigenvalue weighted by atomic mass is 35.5. The van der Waals surface area contributed by atoms with Crippen LogP contribution in [0.15, 0.2) is 52.2 Å². The summed E-state index contributed by atoms with van der Waals surface area (Å²) in [5, 5.41) is 4.92. The Morgan fingerprint density at radius 2 is 1.92 bits per heavy atom. The predicted octanol–water partition coefficient (Wildman–Crippen LogP) is 4.23. The van der Waals surface area contributed by atoms with Crippen LogP contribution in [-0.4, -0.2) is 18.9 Å². The van der Waals surface area contributed by atoms with Crippen molar-refractivity contribution in [2.45, 2.75) is 0 Å². The van der Waals surface area contributed by atoms with E-state index in [0.29, 0.717) is 11.1 Å². The molecular weight excluding hydrogens is 367 g/mol. The summed E-state index contributed by atoms with van der Waals surface area (Å²) < 4.78 is 10.4. The molecule has 0 fully saturated rings. The maximum absolute atomic E-state index is 12.3. The number of ether oxygens (including phenoxy) is 1. The van der Waals surface area contributed by atoms with Crippen LogP contribution in [0.1, 0.15) is 15.9 Å². The van der Waals surface area contributed by atoms with Gasteiger partial charge in [0.15, 0.2) is 11.6 Å². The first-order valence-corrected chi connectivity index (χ1v) is 7.81. The number of carbonyl (C=O) groups excluding carboxylic acids is 1. The summed E-state index contributed by atoms with van der Waals surface area (Å²) in [4.78, 5) is 17.2. The maximum Gasteiger partial charge on any atom is 0.371 e. The van der Waals surface area contributed by atoms with Crippen LogP contribution in [0.4, 0.5) is 0 Å². The van der Waals surface area contributed by atoms with Crippen molar-refractivity contribution in [3.05, 3.63) is 63.8 Å². The van der Waals surface area contributed by atoms with Crippen LogP contribution < -0.4 is 10.5 Å². The average Bonchev–Trinajstić information content (AvgIpc) is 3.08. The van der Waals surface area contributed by atoms with Crippen LogP contribution in [0.5, 0.6) is 5.75 Å². The number of hydrogen-bond donors (Lipinski definition) is 1. The monoisotopic (exact) mass is 378 g/mol. The number of halogens is 2. The summed E-state index contributed by atoms with van der Waals surface area (Å²) in [6.07, 6.45) is 1.56. The lowest BCUT2D eigenvalue weighted by atomic mass is 10.1. The second-order valence-corrected chi connectivity index (χ2v) is 5.78. The number of hydrogen-bond acceptors (Lipinski definition) is 5. The third-order valence-electron chi connectivity index (χ3n) is 3.45. The van der Waals surface area contributed by atoms with Gasteiger partial charge in [-0.1, -0.05) is 40.5 Å². The lowest BCUT2D eigenvalue weighted by molar-refractivity contribution is 0.0512. The summed E-state index contributed by atoms with van der Waals surface area (Å²) in [7, 11) is 1.37. The van der Waals surface area contributed by atoms with Crippen molar-refractivity contribution < 1.29 is 18.8 Å². The van der Waals surface area contributed by atoms with Crippen LogP contribution in [0, 0.1) is 0 Å². The highest BCUT2D eigenvalue weighted by Gasteiger charge is 2.21. The van der Waals surface area contributed by atoms with Crippen molar-refractivity contribution in [3.63, 3.8) is 0 Å². The predicted molar refractivity (Wildman–Crippen MR) is 95.4 cm³/mol. The van der Waals surface area contributed by atoms with Gasteiger partial charge in [-0.05, 0) is 24.3 Å². The molecule has 0 aliphatic rings. The Bertz CT molecular complexity index is 982. The van der Waals surface area contributed by atoms with E-state index in [9.17, 15) is 4.79 Å². The molecule has 1 heterocycles. The van der Waals surface area contributed by atoms with E-state index < -0.39 is 5.97 Å². The van der Waals surface area contributed by atoms with Crippen LogP contribution in [-0.2, 0) is 4.84 Å². The molecule has 6 nitrogen and oxygen atoms in total. The summed E-state index contributed by atoms with van der Waals surface area (Å²) in [5.41, 5.74) is 7.01. The van der Waals surface area contributed by atoms with Gasteiger partial charge in [-0.3, -0.25) is 0 Å². The van der Waals surface area contributed by atoms with Crippen molar-refractivity contribution >= 4 is 46.0 Å². The van der Waals surface area contributed by atoms with Crippen molar-refractivity contribution in [3.8, 4) is 5.75 Å². The van der Waals surface area contributed by atoms with E-state index in [0.717, 1.165) is 5.39 Å². The number of benzene rings is 2. The maximum atomic E-state index is 12.3. The third kappa shape index (κ3) is 3.40. The largest absolute Gasteiger partial charge is 0.494 e. The zero-order valence-corrected chi connectivity index (χ0v) is 14.5. The van der Waals surface area contributed by atoms with Gasteiger partial charge in [-0.2, -0.15) is 0 Å². The second-order valence-electron chi connectivity index (χ2n) is 4.97. The van der Waals surface area contributed by atoms with Crippen LogP contribution in [0.2, 0.25) is 10.0 Å². The number of amidine groups is 1. The van der Waals surface area contributed by atoms with E-state index in [1.807, 2.05) is 12.1 Å². The minimum atomic E-state index is -0.841. The van der Waals surface area contributed by atoms with Crippen LogP contribution in [0.25, 0.3) is 11.0 Å². The Labute approximate surface area is 152 Å². The molecule has 0 bridgehead atoms. The molecular formula is C17H12Cl2N2O4. The van der Waals surface area contributed by atoms with Gasteiger partial charge < -0.3 is 19.7 Å². The molecule has 8 heteroatoms. The molecule has 0 spiro atoms. The Balaban J connectivity index is 1.86. The number of methoxy groups -OCH3 is 1. The fourth-order valence-electron chi connectivity index (χ4n) is 2.23. The molecule has 2 aromatic carbocycles. The van der Waals surface area contributed by atoms with E-state index in [-0.39, 0.29) is 27.2 Å². The van der Waals surface area contributed by atoms with E-state index in [4.69, 9.17) is 42.9 Å². The molecule has 2 N–H and O–H groups in total. The van der Waals surface area contributed by atoms with Crippen LogP contribution >= 0.6 is 23.2 Å². The Morgan fingerprint density at radius 3 is 2.68 bits per heavy atom. The Hall–Kier alpha value is -2.70. The summed E-state index contributed by atoms with van der Waals surface area (Å²) in [6, 6.07) is 10.0. The standard InChI is InChI=1S/C17H12Cl2N2O4/c1-23-15-12(19)5-4-11(18)14(15)17(22)25-21-16(20)10-3-2-9-6-7-24-13(9)8-10/h2-8H,1H3,(H2,20,21). The van der Waals surface area contributed by atoms with Crippen molar-refractivity contribution in [1.82, 2.24) is 0 Å². The molecule has 128 valence electrons. The Kier molecular flexibility index (Phi) is 4.83. The lowest BCUT2D eigenvalue weighted by Gasteiger charge is -2.09. The van der Waals surface area contributed by atoms with Gasteiger partial charge in [0.05, 0.1) is 23.4 Å². The zero-order valence-electron chi connectivity index (χ0n) is 13.0. The molecule has 0 saturated heterocycles. The topological polar surface area (TPSA) is 87.0 Å². The second kappa shape index (κ2) is 7.04. The number of rotatable bonds is 4. The number of nitrogens with two attached hydrogens (primary N) is 1. The van der Waals surface area contributed by atoms with Gasteiger partial charge >= 0.3 is 5.97 Å². The normalized spacial score (nSPS) is 11.6. The van der Waals surface area contributed by atoms with E-state index in [1.54, 1.807) is 18.4 Å². The van der Waals surface area contributed by atoms with Gasteiger partial charge in [0.25, 0.3) is 0 Å². The molecule has 0 atom stereocenters. The summed E-state index contributed by atoms with van der Waals surface area (Å²) in [6.45, 7) is 0. The smallest absolute Gasteiger partial charge is 0.371 e. The first kappa shape index (κ1) is 17.1. The molecule has 1 aromatic heterocycles. The quantitative estimate of drug-likeness (QED) is 0.317. The molecule has 3 rings (SSSR count). The van der Waals surface area contributed by atoms with Gasteiger partial charge in [0.1, 0.15) is 11.1 Å². The minimum absolute atomic E-state index is 0.00349. The number of oxime groups is 1. The Morgan fingerprint density at radius 1 is 1.16 bits per heavy atom. The first-order valence-electron chi connectivity index (χ1n) is 7.05. The lowest BCUT2D eigenvalue weighted by Crippen LogP contribution is -2.15. The number of carbonyl (C=O) groups is 1. The van der Waals surface area contributed by atoms with E-state index in [1.165, 1.54) is 19.2 Å². The van der Waals surface area contributed by atoms with Gasteiger partial charge in [0.2, 0.25) is 0 Å². The fraction of sp³-hybridized carbons (Fsp3) is 0.0588. The van der Waals surface area contributed by atoms with Crippen molar-refractivity contribution in [2.75, 3.05) is 7.11 Å². The van der Waals surface area contributed by atoms with Crippen molar-refractivity contribution in [1.29, 1.82) is 0 Å². The molecule has 0 radical (unpaired) electrons. The van der Waals surface area contributed by atoms with Gasteiger partial charge in [-0.15, -0.1) is 0 Å². The summed E-state index contributed by atoms with van der Waals surface area (Å²) >= 11 is 12.0. The highest BCUT2D eigenvalue weighted by molar-refractivity contribution is 6.37. The zero-order chi connectivity index (χ0) is 18.0. The first-order chi connectivity index (χ1) is 12.0. The highest BCUT2D eigenvalue weighted by Crippen LogP contribution is 2.34. The number of nitrogens with zero attached hydrogens (tertiary/aromatic N) is 1. The minimum Gasteiger partial charge on any atom is -0.494 e. The third-order valence-corrected chi connectivity index (χ3v) is 4.06. The molecule has 0 amide bonds. The SMILES string of the molecule is COc1c(Cl)ccc(Cl)c1C(=O)O/N=C(\N)c1ccc2ccoc2c1. The van der Waals surface area contributed by atoms with Gasteiger partial charge in [0, 0.05) is 10.9 Å². The number of furan rings is 1. The summed E-state index contributed by atoms with van der Waals surface area (Å²) in [5.74, 6) is -0.736. The number of fused-ring (bicyclic) bond motifs is 1. The van der Waals surface area contributed by atoms with Crippen molar-refractivity contribution in [2.24, 2.45) is 10.9 Å².